The molecule has 18 heavy (non-hydrogen) atoms. The number of thioether (sulfide) groups is 1. The average molecular weight is 288 g/mol. The van der Waals surface area contributed by atoms with Crippen molar-refractivity contribution in [3.8, 4) is 0 Å². The van der Waals surface area contributed by atoms with Crippen LogP contribution in [-0.4, -0.2) is 18.2 Å². The second kappa shape index (κ2) is 7.34. The van der Waals surface area contributed by atoms with E-state index in [4.69, 9.17) is 9.05 Å². The Balaban J connectivity index is 2.75. The number of hydrogen-bond acceptors (Lipinski definition) is 4. The van der Waals surface area contributed by atoms with E-state index >= 15 is 0 Å². The summed E-state index contributed by atoms with van der Waals surface area (Å²) in [5.74, 6) is 0. The lowest BCUT2D eigenvalue weighted by molar-refractivity contribution is 0.219. The normalized spacial score (nSPS) is 13.6. The number of rotatable bonds is 7. The van der Waals surface area contributed by atoms with E-state index in [1.165, 1.54) is 17.3 Å². The van der Waals surface area contributed by atoms with Crippen molar-refractivity contribution in [2.24, 2.45) is 0 Å². The van der Waals surface area contributed by atoms with E-state index in [0.29, 0.717) is 13.2 Å². The summed E-state index contributed by atoms with van der Waals surface area (Å²) in [6.07, 6.45) is 0. The van der Waals surface area contributed by atoms with Gasteiger partial charge in [-0.05, 0) is 39.8 Å². The molecule has 5 heteroatoms. The first kappa shape index (κ1) is 15.8. The van der Waals surface area contributed by atoms with Gasteiger partial charge in [-0.25, -0.2) is 0 Å². The topological polar surface area (TPSA) is 35.5 Å². The highest BCUT2D eigenvalue weighted by Gasteiger charge is 2.32. The molecule has 1 unspecified atom stereocenters. The SMILES string of the molecule is CCOP(=O)(OCC)C(C)Sc1ccc(C)cc1. The highest BCUT2D eigenvalue weighted by atomic mass is 32.2. The molecule has 0 aliphatic heterocycles. The molecule has 0 fully saturated rings. The zero-order chi connectivity index (χ0) is 13.6. The van der Waals surface area contributed by atoms with Crippen molar-refractivity contribution in [3.63, 3.8) is 0 Å². The molecule has 1 rings (SSSR count). The second-order valence-electron chi connectivity index (χ2n) is 3.91. The molecule has 0 saturated heterocycles. The monoisotopic (exact) mass is 288 g/mol. The maximum absolute atomic E-state index is 12.5. The molecule has 0 spiro atoms. The first-order chi connectivity index (χ1) is 8.51. The summed E-state index contributed by atoms with van der Waals surface area (Å²) in [5.41, 5.74) is 1.21. The Morgan fingerprint density at radius 1 is 1.17 bits per heavy atom. The van der Waals surface area contributed by atoms with Gasteiger partial charge >= 0.3 is 7.60 Å². The van der Waals surface area contributed by atoms with Crippen LogP contribution in [0.1, 0.15) is 26.3 Å². The summed E-state index contributed by atoms with van der Waals surface area (Å²) >= 11 is 1.53. The van der Waals surface area contributed by atoms with Crippen molar-refractivity contribution in [1.82, 2.24) is 0 Å². The lowest BCUT2D eigenvalue weighted by Gasteiger charge is -2.22. The molecule has 0 saturated carbocycles. The summed E-state index contributed by atoms with van der Waals surface area (Å²) in [7, 11) is -3.02. The van der Waals surface area contributed by atoms with Crippen molar-refractivity contribution in [1.29, 1.82) is 0 Å². The van der Waals surface area contributed by atoms with Crippen LogP contribution < -0.4 is 0 Å². The molecule has 0 aliphatic carbocycles. The van der Waals surface area contributed by atoms with Crippen molar-refractivity contribution in [2.75, 3.05) is 13.2 Å². The summed E-state index contributed by atoms with van der Waals surface area (Å²) < 4.78 is 23.2. The van der Waals surface area contributed by atoms with Gasteiger partial charge in [-0.1, -0.05) is 17.7 Å². The van der Waals surface area contributed by atoms with E-state index in [1.807, 2.05) is 52.0 Å². The smallest absolute Gasteiger partial charge is 0.308 e. The Morgan fingerprint density at radius 3 is 2.11 bits per heavy atom. The van der Waals surface area contributed by atoms with Gasteiger partial charge in [0, 0.05) is 4.90 Å². The molecule has 1 atom stereocenters. The van der Waals surface area contributed by atoms with Gasteiger partial charge in [0.25, 0.3) is 0 Å². The Kier molecular flexibility index (Phi) is 6.44. The van der Waals surface area contributed by atoms with Crippen LogP contribution in [0.15, 0.2) is 29.2 Å². The Labute approximate surface area is 114 Å². The first-order valence-corrected chi connectivity index (χ1v) is 8.63. The molecule has 1 aromatic carbocycles. The van der Waals surface area contributed by atoms with Gasteiger partial charge in [-0.3, -0.25) is 4.57 Å². The van der Waals surface area contributed by atoms with Crippen molar-refractivity contribution in [2.45, 2.75) is 37.6 Å². The van der Waals surface area contributed by atoms with Gasteiger partial charge in [0.1, 0.15) is 4.99 Å². The molecule has 3 nitrogen and oxygen atoms in total. The number of aryl methyl sites for hydroxylation is 1. The summed E-state index contributed by atoms with van der Waals surface area (Å²) in [5, 5.41) is 0. The van der Waals surface area contributed by atoms with E-state index in [2.05, 4.69) is 0 Å². The second-order valence-corrected chi connectivity index (χ2v) is 8.04. The van der Waals surface area contributed by atoms with Crippen molar-refractivity contribution < 1.29 is 13.6 Å². The highest BCUT2D eigenvalue weighted by Crippen LogP contribution is 2.58. The zero-order valence-corrected chi connectivity index (χ0v) is 13.1. The molecular weight excluding hydrogens is 267 g/mol. The van der Waals surface area contributed by atoms with Crippen LogP contribution in [0, 0.1) is 6.92 Å². The van der Waals surface area contributed by atoms with Gasteiger partial charge in [-0.15, -0.1) is 11.8 Å². The summed E-state index contributed by atoms with van der Waals surface area (Å²) in [6, 6.07) is 8.14. The lowest BCUT2D eigenvalue weighted by atomic mass is 10.2. The minimum atomic E-state index is -3.02. The van der Waals surface area contributed by atoms with E-state index in [0.717, 1.165) is 4.90 Å². The highest BCUT2D eigenvalue weighted by molar-refractivity contribution is 8.05. The fourth-order valence-electron chi connectivity index (χ4n) is 1.49. The molecule has 0 N–H and O–H groups in total. The van der Waals surface area contributed by atoms with E-state index in [9.17, 15) is 4.57 Å². The molecule has 0 aliphatic rings. The Morgan fingerprint density at radius 2 is 1.67 bits per heavy atom. The van der Waals surface area contributed by atoms with Crippen LogP contribution in [0.2, 0.25) is 0 Å². The van der Waals surface area contributed by atoms with Gasteiger partial charge in [-0.2, -0.15) is 0 Å². The maximum Gasteiger partial charge on any atom is 0.343 e. The van der Waals surface area contributed by atoms with Crippen LogP contribution in [0.4, 0.5) is 0 Å². The molecule has 1 aromatic rings. The zero-order valence-electron chi connectivity index (χ0n) is 11.4. The third kappa shape index (κ3) is 4.43. The predicted octanol–water partition coefficient (Wildman–Crippen LogP) is 4.70. The van der Waals surface area contributed by atoms with Crippen molar-refractivity contribution in [3.05, 3.63) is 29.8 Å². The minimum Gasteiger partial charge on any atom is -0.308 e. The van der Waals surface area contributed by atoms with Crippen LogP contribution in [-0.2, 0) is 13.6 Å². The van der Waals surface area contributed by atoms with Crippen LogP contribution in [0.3, 0.4) is 0 Å². The van der Waals surface area contributed by atoms with Crippen molar-refractivity contribution >= 4 is 19.4 Å². The van der Waals surface area contributed by atoms with Gasteiger partial charge in [0.15, 0.2) is 0 Å². The quantitative estimate of drug-likeness (QED) is 0.538. The summed E-state index contributed by atoms with van der Waals surface area (Å²) in [6.45, 7) is 8.38. The Bertz CT molecular complexity index is 395. The molecule has 0 radical (unpaired) electrons. The van der Waals surface area contributed by atoms with Crippen LogP contribution >= 0.6 is 19.4 Å². The van der Waals surface area contributed by atoms with Gasteiger partial charge in [0.05, 0.1) is 13.2 Å². The fraction of sp³-hybridized carbons (Fsp3) is 0.538. The predicted molar refractivity (Wildman–Crippen MR) is 77.4 cm³/mol. The standard InChI is InChI=1S/C13H21O3PS/c1-5-15-17(14,16-6-2)12(4)18-13-9-7-11(3)8-10-13/h7-10,12H,5-6H2,1-4H3. The van der Waals surface area contributed by atoms with Crippen LogP contribution in [0.25, 0.3) is 0 Å². The summed E-state index contributed by atoms with van der Waals surface area (Å²) in [4.78, 5) is 0.868. The number of benzene rings is 1. The third-order valence-electron chi connectivity index (χ3n) is 2.39. The van der Waals surface area contributed by atoms with E-state index in [-0.39, 0.29) is 4.99 Å². The minimum absolute atomic E-state index is 0.208. The number of hydrogen-bond donors (Lipinski definition) is 0. The molecule has 0 heterocycles. The lowest BCUT2D eigenvalue weighted by Crippen LogP contribution is -2.06. The largest absolute Gasteiger partial charge is 0.343 e. The molecule has 0 aromatic heterocycles. The average Bonchev–Trinajstić information content (AvgIpc) is 2.32. The molecule has 0 bridgehead atoms. The molecule has 0 amide bonds. The van der Waals surface area contributed by atoms with Gasteiger partial charge < -0.3 is 9.05 Å². The molecular formula is C13H21O3PS. The molecule has 102 valence electrons. The van der Waals surface area contributed by atoms with E-state index in [1.54, 1.807) is 0 Å². The van der Waals surface area contributed by atoms with Crippen LogP contribution in [0.5, 0.6) is 0 Å². The Hall–Kier alpha value is -0.280. The van der Waals surface area contributed by atoms with Gasteiger partial charge in [0.2, 0.25) is 0 Å². The third-order valence-corrected chi connectivity index (χ3v) is 6.49. The van der Waals surface area contributed by atoms with E-state index < -0.39 is 7.60 Å². The fourth-order valence-corrected chi connectivity index (χ4v) is 4.63. The first-order valence-electron chi connectivity index (χ1n) is 6.14. The maximum atomic E-state index is 12.5.